The number of aliphatic hydroxyl groups excluding tert-OH is 1. The van der Waals surface area contributed by atoms with Gasteiger partial charge in [-0.25, -0.2) is 0 Å². The zero-order valence-electron chi connectivity index (χ0n) is 10.2. The zero-order valence-corrected chi connectivity index (χ0v) is 11.7. The van der Waals surface area contributed by atoms with Crippen molar-refractivity contribution in [2.45, 2.75) is 12.5 Å². The third kappa shape index (κ3) is 3.56. The molecule has 0 saturated carbocycles. The monoisotopic (exact) mass is 298 g/mol. The van der Waals surface area contributed by atoms with Gasteiger partial charge in [0.2, 0.25) is 5.88 Å². The predicted octanol–water partition coefficient (Wildman–Crippen LogP) is 3.07. The summed E-state index contributed by atoms with van der Waals surface area (Å²) in [5.74, 6) is 0.400. The first-order valence-corrected chi connectivity index (χ1v) is 6.35. The fraction of sp³-hybridized carbons (Fsp3) is 0.231. The molecule has 0 fully saturated rings. The minimum Gasteiger partial charge on any atom is -0.480 e. The first-order chi connectivity index (χ1) is 9.10. The molecule has 6 heteroatoms. The molecule has 1 unspecified atom stereocenters. The highest BCUT2D eigenvalue weighted by atomic mass is 35.5. The van der Waals surface area contributed by atoms with Gasteiger partial charge >= 0.3 is 0 Å². The van der Waals surface area contributed by atoms with E-state index in [0.29, 0.717) is 28.0 Å². The number of ether oxygens (including phenoxy) is 1. The first kappa shape index (κ1) is 14.1. The third-order valence-electron chi connectivity index (χ3n) is 2.63. The second-order valence-corrected chi connectivity index (χ2v) is 4.80. The summed E-state index contributed by atoms with van der Waals surface area (Å²) >= 11 is 12.0. The van der Waals surface area contributed by atoms with Gasteiger partial charge in [-0.2, -0.15) is 0 Å². The minimum absolute atomic E-state index is 0.320. The van der Waals surface area contributed by atoms with Crippen LogP contribution in [0, 0.1) is 0 Å². The second-order valence-electron chi connectivity index (χ2n) is 3.96. The maximum absolute atomic E-state index is 10.1. The van der Waals surface area contributed by atoms with E-state index in [9.17, 15) is 5.11 Å². The Morgan fingerprint density at radius 1 is 1.21 bits per heavy atom. The largest absolute Gasteiger partial charge is 0.480 e. The summed E-state index contributed by atoms with van der Waals surface area (Å²) in [4.78, 5) is 0. The first-order valence-electron chi connectivity index (χ1n) is 5.59. The van der Waals surface area contributed by atoms with Gasteiger partial charge in [0.1, 0.15) is 6.10 Å². The summed E-state index contributed by atoms with van der Waals surface area (Å²) in [7, 11) is 1.51. The third-order valence-corrected chi connectivity index (χ3v) is 3.24. The summed E-state index contributed by atoms with van der Waals surface area (Å²) in [5.41, 5.74) is 1.22. The minimum atomic E-state index is -0.797. The Bertz CT molecular complexity index is 561. The maximum Gasteiger partial charge on any atom is 0.233 e. The van der Waals surface area contributed by atoms with Crippen LogP contribution in [0.1, 0.15) is 17.4 Å². The molecule has 0 aliphatic rings. The van der Waals surface area contributed by atoms with Crippen molar-refractivity contribution in [3.8, 4) is 5.88 Å². The summed E-state index contributed by atoms with van der Waals surface area (Å²) < 4.78 is 4.91. The zero-order chi connectivity index (χ0) is 13.8. The van der Waals surface area contributed by atoms with E-state index < -0.39 is 6.10 Å². The van der Waals surface area contributed by atoms with E-state index in [2.05, 4.69) is 10.2 Å². The highest BCUT2D eigenvalue weighted by Crippen LogP contribution is 2.25. The summed E-state index contributed by atoms with van der Waals surface area (Å²) in [5, 5.41) is 18.9. The smallest absolute Gasteiger partial charge is 0.233 e. The molecule has 0 aliphatic carbocycles. The van der Waals surface area contributed by atoms with E-state index in [1.807, 2.05) is 0 Å². The summed E-state index contributed by atoms with van der Waals surface area (Å²) in [6.07, 6.45) is -0.477. The highest BCUT2D eigenvalue weighted by molar-refractivity contribution is 6.33. The van der Waals surface area contributed by atoms with Crippen LogP contribution in [0.5, 0.6) is 5.88 Å². The molecular formula is C13H12Cl2N2O2. The van der Waals surface area contributed by atoms with Crippen LogP contribution in [-0.4, -0.2) is 22.4 Å². The van der Waals surface area contributed by atoms with Crippen LogP contribution in [0.2, 0.25) is 10.0 Å². The fourth-order valence-electron chi connectivity index (χ4n) is 1.63. The van der Waals surface area contributed by atoms with Crippen molar-refractivity contribution in [2.75, 3.05) is 7.11 Å². The number of hydrogen-bond acceptors (Lipinski definition) is 4. The van der Waals surface area contributed by atoms with Crippen LogP contribution in [0.25, 0.3) is 0 Å². The lowest BCUT2D eigenvalue weighted by molar-refractivity contribution is 0.172. The van der Waals surface area contributed by atoms with Crippen LogP contribution < -0.4 is 4.74 Å². The van der Waals surface area contributed by atoms with Gasteiger partial charge in [-0.3, -0.25) is 0 Å². The second kappa shape index (κ2) is 6.19. The number of halogens is 2. The maximum atomic E-state index is 10.1. The predicted molar refractivity (Wildman–Crippen MR) is 73.7 cm³/mol. The van der Waals surface area contributed by atoms with Crippen molar-refractivity contribution in [1.29, 1.82) is 0 Å². The van der Waals surface area contributed by atoms with Gasteiger partial charge in [-0.05, 0) is 29.8 Å². The van der Waals surface area contributed by atoms with Gasteiger partial charge < -0.3 is 9.84 Å². The van der Waals surface area contributed by atoms with Gasteiger partial charge in [-0.15, -0.1) is 10.2 Å². The van der Waals surface area contributed by atoms with Gasteiger partial charge in [0.25, 0.3) is 0 Å². The Hall–Kier alpha value is -1.36. The molecule has 0 amide bonds. The molecule has 1 aromatic heterocycles. The molecule has 4 nitrogen and oxygen atoms in total. The van der Waals surface area contributed by atoms with Gasteiger partial charge in [0.15, 0.2) is 0 Å². The topological polar surface area (TPSA) is 55.2 Å². The Morgan fingerprint density at radius 2 is 2.00 bits per heavy atom. The van der Waals surface area contributed by atoms with Crippen molar-refractivity contribution >= 4 is 23.2 Å². The molecule has 1 N–H and O–H groups in total. The molecule has 2 rings (SSSR count). The van der Waals surface area contributed by atoms with Crippen molar-refractivity contribution < 1.29 is 9.84 Å². The van der Waals surface area contributed by atoms with Crippen LogP contribution in [-0.2, 0) is 6.42 Å². The lowest BCUT2D eigenvalue weighted by Gasteiger charge is -2.11. The van der Waals surface area contributed by atoms with E-state index in [1.165, 1.54) is 7.11 Å². The van der Waals surface area contributed by atoms with Crippen LogP contribution in [0.3, 0.4) is 0 Å². The number of methoxy groups -OCH3 is 1. The quantitative estimate of drug-likeness (QED) is 0.942. The molecule has 0 spiro atoms. The summed E-state index contributed by atoms with van der Waals surface area (Å²) in [6, 6.07) is 8.43. The van der Waals surface area contributed by atoms with E-state index in [-0.39, 0.29) is 0 Å². The molecule has 0 radical (unpaired) electrons. The highest BCUT2D eigenvalue weighted by Gasteiger charge is 2.13. The standard InChI is InChI=1S/C13H12Cl2N2O2/c1-19-13-5-4-11(16-17-13)12(18)7-8-6-9(14)2-3-10(8)15/h2-6,12,18H,7H2,1H3. The molecule has 1 aromatic carbocycles. The van der Waals surface area contributed by atoms with E-state index in [4.69, 9.17) is 27.9 Å². The molecule has 2 aromatic rings. The van der Waals surface area contributed by atoms with E-state index in [0.717, 1.165) is 5.56 Å². The van der Waals surface area contributed by atoms with Gasteiger partial charge in [-0.1, -0.05) is 23.2 Å². The van der Waals surface area contributed by atoms with Crippen molar-refractivity contribution in [2.24, 2.45) is 0 Å². The molecule has 0 aliphatic heterocycles. The summed E-state index contributed by atoms with van der Waals surface area (Å²) in [6.45, 7) is 0. The number of nitrogens with zero attached hydrogens (tertiary/aromatic N) is 2. The molecule has 19 heavy (non-hydrogen) atoms. The number of benzene rings is 1. The van der Waals surface area contributed by atoms with Crippen molar-refractivity contribution in [3.63, 3.8) is 0 Å². The Kier molecular flexibility index (Phi) is 4.58. The molecule has 0 bridgehead atoms. The lowest BCUT2D eigenvalue weighted by Crippen LogP contribution is -2.06. The van der Waals surface area contributed by atoms with Crippen LogP contribution in [0.4, 0.5) is 0 Å². The Morgan fingerprint density at radius 3 is 2.63 bits per heavy atom. The number of hydrogen-bond donors (Lipinski definition) is 1. The van der Waals surface area contributed by atoms with Crippen LogP contribution >= 0.6 is 23.2 Å². The number of rotatable bonds is 4. The number of aromatic nitrogens is 2. The van der Waals surface area contributed by atoms with E-state index >= 15 is 0 Å². The van der Waals surface area contributed by atoms with Crippen molar-refractivity contribution in [3.05, 3.63) is 51.6 Å². The Labute approximate surface area is 121 Å². The van der Waals surface area contributed by atoms with Crippen LogP contribution in [0.15, 0.2) is 30.3 Å². The average molecular weight is 299 g/mol. The molecule has 1 atom stereocenters. The SMILES string of the molecule is COc1ccc(C(O)Cc2cc(Cl)ccc2Cl)nn1. The molecule has 1 heterocycles. The fourth-order valence-corrected chi connectivity index (χ4v) is 2.02. The molecule has 0 saturated heterocycles. The van der Waals surface area contributed by atoms with Gasteiger partial charge in [0.05, 0.1) is 12.8 Å². The average Bonchev–Trinajstić information content (AvgIpc) is 2.43. The van der Waals surface area contributed by atoms with E-state index in [1.54, 1.807) is 30.3 Å². The Balaban J connectivity index is 2.15. The molecular weight excluding hydrogens is 287 g/mol. The van der Waals surface area contributed by atoms with Gasteiger partial charge in [0, 0.05) is 22.5 Å². The number of aliphatic hydroxyl groups is 1. The van der Waals surface area contributed by atoms with Crippen molar-refractivity contribution in [1.82, 2.24) is 10.2 Å². The lowest BCUT2D eigenvalue weighted by atomic mass is 10.1. The normalized spacial score (nSPS) is 12.2. The molecule has 100 valence electrons.